The number of carbonyl (C=O) groups is 2. The highest BCUT2D eigenvalue weighted by Crippen LogP contribution is 2.39. The van der Waals surface area contributed by atoms with Crippen molar-refractivity contribution < 1.29 is 9.59 Å². The van der Waals surface area contributed by atoms with E-state index in [0.717, 1.165) is 22.2 Å². The second-order valence-corrected chi connectivity index (χ2v) is 7.18. The summed E-state index contributed by atoms with van der Waals surface area (Å²) in [6.45, 7) is 3.00. The molecule has 2 heterocycles. The molecule has 1 aliphatic carbocycles. The monoisotopic (exact) mass is 368 g/mol. The Labute approximate surface area is 155 Å². The third kappa shape index (κ3) is 2.94. The molecule has 0 radical (unpaired) electrons. The summed E-state index contributed by atoms with van der Waals surface area (Å²) < 4.78 is 2.12. The summed E-state index contributed by atoms with van der Waals surface area (Å²) in [4.78, 5) is 24.1. The van der Waals surface area contributed by atoms with E-state index in [-0.39, 0.29) is 11.6 Å². The number of hydrogen-bond donors (Lipinski definition) is 1. The SMILES string of the molecule is CC(=O)C1(C(C)=O)C=Cc2c(c3ccccc3n2C)C1.Nc1nncs1. The van der Waals surface area contributed by atoms with Crippen LogP contribution in [-0.4, -0.2) is 26.3 Å². The van der Waals surface area contributed by atoms with Gasteiger partial charge in [-0.3, -0.25) is 9.59 Å². The average molecular weight is 368 g/mol. The molecule has 3 aromatic rings. The zero-order valence-corrected chi connectivity index (χ0v) is 15.7. The Hall–Kier alpha value is -2.80. The summed E-state index contributed by atoms with van der Waals surface area (Å²) in [5.74, 6) is -0.167. The molecule has 1 aromatic carbocycles. The number of rotatable bonds is 2. The van der Waals surface area contributed by atoms with Gasteiger partial charge in [-0.05, 0) is 38.0 Å². The number of nitrogens with two attached hydrogens (primary N) is 1. The number of Topliss-reactive ketones (excluding diaryl/α,β-unsaturated/α-hetero) is 2. The van der Waals surface area contributed by atoms with Crippen LogP contribution in [-0.2, 0) is 23.1 Å². The number of aromatic nitrogens is 3. The first-order chi connectivity index (χ1) is 12.4. The van der Waals surface area contributed by atoms with Gasteiger partial charge < -0.3 is 10.3 Å². The first-order valence-corrected chi connectivity index (χ1v) is 9.04. The summed E-state index contributed by atoms with van der Waals surface area (Å²) in [6, 6.07) is 8.11. The van der Waals surface area contributed by atoms with Crippen LogP contribution in [0.2, 0.25) is 0 Å². The number of anilines is 1. The Bertz CT molecular complexity index is 988. The first-order valence-electron chi connectivity index (χ1n) is 8.16. The lowest BCUT2D eigenvalue weighted by molar-refractivity contribution is -0.135. The van der Waals surface area contributed by atoms with Crippen molar-refractivity contribution in [1.82, 2.24) is 14.8 Å². The van der Waals surface area contributed by atoms with E-state index in [1.807, 2.05) is 25.3 Å². The Morgan fingerprint density at radius 3 is 2.46 bits per heavy atom. The number of benzene rings is 1. The van der Waals surface area contributed by atoms with Crippen molar-refractivity contribution in [2.24, 2.45) is 12.5 Å². The number of carbonyl (C=O) groups excluding carboxylic acids is 2. The molecule has 2 aromatic heterocycles. The number of para-hydroxylation sites is 1. The quantitative estimate of drug-likeness (QED) is 0.702. The zero-order chi connectivity index (χ0) is 18.9. The number of nitrogens with zero attached hydrogens (tertiary/aromatic N) is 3. The van der Waals surface area contributed by atoms with Gasteiger partial charge in [0.05, 0.1) is 0 Å². The molecule has 26 heavy (non-hydrogen) atoms. The normalized spacial score (nSPS) is 14.4. The predicted octanol–water partition coefficient (Wildman–Crippen LogP) is 3.03. The lowest BCUT2D eigenvalue weighted by Gasteiger charge is -2.28. The molecule has 1 aliphatic rings. The summed E-state index contributed by atoms with van der Waals surface area (Å²) in [6.07, 6.45) is 4.16. The maximum atomic E-state index is 12.0. The molecule has 0 fully saturated rings. The maximum absolute atomic E-state index is 12.0. The molecule has 6 nitrogen and oxygen atoms in total. The van der Waals surface area contributed by atoms with Gasteiger partial charge >= 0.3 is 0 Å². The minimum atomic E-state index is -0.989. The van der Waals surface area contributed by atoms with E-state index < -0.39 is 5.41 Å². The Morgan fingerprint density at radius 1 is 1.23 bits per heavy atom. The molecule has 7 heteroatoms. The van der Waals surface area contributed by atoms with E-state index in [1.54, 1.807) is 11.6 Å². The topological polar surface area (TPSA) is 90.9 Å². The number of ketones is 2. The van der Waals surface area contributed by atoms with Gasteiger partial charge in [0.25, 0.3) is 0 Å². The molecule has 0 saturated heterocycles. The number of allylic oxidation sites excluding steroid dienone is 1. The van der Waals surface area contributed by atoms with Crippen LogP contribution in [0.15, 0.2) is 35.9 Å². The highest BCUT2D eigenvalue weighted by molar-refractivity contribution is 7.13. The summed E-state index contributed by atoms with van der Waals surface area (Å²) >= 11 is 1.33. The number of nitrogen functional groups attached to an aromatic ring is 1. The highest BCUT2D eigenvalue weighted by Gasteiger charge is 2.41. The number of aryl methyl sites for hydroxylation is 1. The second-order valence-electron chi connectivity index (χ2n) is 6.31. The van der Waals surface area contributed by atoms with Crippen LogP contribution in [0.25, 0.3) is 17.0 Å². The van der Waals surface area contributed by atoms with Crippen molar-refractivity contribution in [2.45, 2.75) is 20.3 Å². The van der Waals surface area contributed by atoms with Crippen molar-refractivity contribution in [3.63, 3.8) is 0 Å². The van der Waals surface area contributed by atoms with Gasteiger partial charge in [-0.1, -0.05) is 35.6 Å². The van der Waals surface area contributed by atoms with Crippen molar-refractivity contribution in [2.75, 3.05) is 5.73 Å². The molecule has 2 N–H and O–H groups in total. The smallest absolute Gasteiger partial charge is 0.202 e. The van der Waals surface area contributed by atoms with Crippen LogP contribution in [0.3, 0.4) is 0 Å². The molecule has 0 aliphatic heterocycles. The maximum Gasteiger partial charge on any atom is 0.202 e. The van der Waals surface area contributed by atoms with Crippen molar-refractivity contribution in [1.29, 1.82) is 0 Å². The second kappa shape index (κ2) is 6.84. The fourth-order valence-electron chi connectivity index (χ4n) is 3.36. The van der Waals surface area contributed by atoms with Gasteiger partial charge in [0, 0.05) is 23.6 Å². The molecule has 0 atom stereocenters. The Morgan fingerprint density at radius 2 is 1.92 bits per heavy atom. The van der Waals surface area contributed by atoms with Crippen molar-refractivity contribution in [3.8, 4) is 0 Å². The minimum absolute atomic E-state index is 0.0835. The zero-order valence-electron chi connectivity index (χ0n) is 14.9. The molecule has 4 rings (SSSR count). The summed E-state index contributed by atoms with van der Waals surface area (Å²) in [7, 11) is 2.01. The van der Waals surface area contributed by atoms with Crippen LogP contribution in [0, 0.1) is 5.41 Å². The largest absolute Gasteiger partial charge is 0.374 e. The fourth-order valence-corrected chi connectivity index (χ4v) is 3.66. The lowest BCUT2D eigenvalue weighted by atomic mass is 9.72. The van der Waals surface area contributed by atoms with Crippen LogP contribution in [0.4, 0.5) is 5.13 Å². The number of hydrogen-bond acceptors (Lipinski definition) is 6. The molecular formula is C19H20N4O2S. The van der Waals surface area contributed by atoms with Gasteiger partial charge in [-0.15, -0.1) is 10.2 Å². The van der Waals surface area contributed by atoms with E-state index in [0.29, 0.717) is 11.6 Å². The summed E-state index contributed by atoms with van der Waals surface area (Å²) in [5.41, 5.74) is 9.04. The van der Waals surface area contributed by atoms with Crippen LogP contribution >= 0.6 is 11.3 Å². The summed E-state index contributed by atoms with van der Waals surface area (Å²) in [5, 5.41) is 8.58. The van der Waals surface area contributed by atoms with E-state index in [1.165, 1.54) is 25.2 Å². The van der Waals surface area contributed by atoms with Crippen molar-refractivity contribution >= 4 is 45.0 Å². The molecule has 0 unspecified atom stereocenters. The van der Waals surface area contributed by atoms with E-state index in [9.17, 15) is 9.59 Å². The molecule has 0 spiro atoms. The van der Waals surface area contributed by atoms with Crippen LogP contribution in [0.5, 0.6) is 0 Å². The van der Waals surface area contributed by atoms with E-state index >= 15 is 0 Å². The molecule has 0 bridgehead atoms. The third-order valence-corrected chi connectivity index (χ3v) is 5.40. The van der Waals surface area contributed by atoms with E-state index in [2.05, 4.69) is 26.9 Å². The Balaban J connectivity index is 0.000000278. The lowest BCUT2D eigenvalue weighted by Crippen LogP contribution is -2.38. The molecule has 0 amide bonds. The minimum Gasteiger partial charge on any atom is -0.374 e. The molecule has 0 saturated carbocycles. The van der Waals surface area contributed by atoms with Gasteiger partial charge in [0.2, 0.25) is 5.13 Å². The third-order valence-electron chi connectivity index (χ3n) is 4.88. The first kappa shape index (κ1) is 18.0. The molecule has 134 valence electrons. The highest BCUT2D eigenvalue weighted by atomic mass is 32.1. The standard InChI is InChI=1S/C17H17NO2.C2H3N3S/c1-11(19)17(12(2)20)9-8-16-14(10-17)13-6-4-5-7-15(13)18(16)3;3-2-5-4-1-6-2/h4-9H,10H2,1-3H3;1H,(H2,3,5). The van der Waals surface area contributed by atoms with Gasteiger partial charge in [-0.25, -0.2) is 0 Å². The fraction of sp³-hybridized carbons (Fsp3) is 0.263. The van der Waals surface area contributed by atoms with Crippen LogP contribution < -0.4 is 5.73 Å². The van der Waals surface area contributed by atoms with Gasteiger partial charge in [0.15, 0.2) is 0 Å². The van der Waals surface area contributed by atoms with Gasteiger partial charge in [-0.2, -0.15) is 0 Å². The van der Waals surface area contributed by atoms with Crippen molar-refractivity contribution in [3.05, 3.63) is 47.1 Å². The molecular weight excluding hydrogens is 348 g/mol. The Kier molecular flexibility index (Phi) is 4.73. The number of fused-ring (bicyclic) bond motifs is 3. The van der Waals surface area contributed by atoms with E-state index in [4.69, 9.17) is 5.73 Å². The van der Waals surface area contributed by atoms with Crippen LogP contribution in [0.1, 0.15) is 25.1 Å². The van der Waals surface area contributed by atoms with Gasteiger partial charge in [0.1, 0.15) is 22.5 Å². The predicted molar refractivity (Wildman–Crippen MR) is 104 cm³/mol. The average Bonchev–Trinajstić information content (AvgIpc) is 3.21.